The van der Waals surface area contributed by atoms with E-state index in [9.17, 15) is 0 Å². The van der Waals surface area contributed by atoms with Crippen molar-refractivity contribution in [3.63, 3.8) is 0 Å². The Morgan fingerprint density at radius 3 is 2.26 bits per heavy atom. The summed E-state index contributed by atoms with van der Waals surface area (Å²) in [7, 11) is 3.44. The van der Waals surface area contributed by atoms with Crippen molar-refractivity contribution in [2.24, 2.45) is 0 Å². The molecule has 0 saturated carbocycles. The summed E-state index contributed by atoms with van der Waals surface area (Å²) in [4.78, 5) is 2.36. The van der Waals surface area contributed by atoms with Gasteiger partial charge in [0, 0.05) is 45.6 Å². The zero-order valence-corrected chi connectivity index (χ0v) is 27.3. The second-order valence-corrected chi connectivity index (χ2v) is 13.2. The van der Waals surface area contributed by atoms with Crippen LogP contribution in [-0.2, 0) is 15.8 Å². The molecule has 232 valence electrons. The first kappa shape index (κ1) is 29.0. The standard InChI is InChI=1S/C40H36ClNO4/c1-39(2)33-22-27(41)12-15-29(33)36-31-23-34(42-18-20-45-21-19-42)35(44-4)24-32(31)38-30(37(36)39)16-17-40(46-38,25-8-6-5-7-9-25)26-10-13-28(43-3)14-11-26/h5-17,22-24H,18-21H2,1-4H3. The molecule has 6 heteroatoms. The first-order valence-corrected chi connectivity index (χ1v) is 16.2. The number of anilines is 1. The number of nitrogens with zero attached hydrogens (tertiary/aromatic N) is 1. The molecule has 46 heavy (non-hydrogen) atoms. The van der Waals surface area contributed by atoms with Crippen LogP contribution in [0.25, 0.3) is 28.0 Å². The molecule has 1 saturated heterocycles. The fourth-order valence-electron chi connectivity index (χ4n) is 7.69. The molecule has 1 atom stereocenters. The van der Waals surface area contributed by atoms with E-state index in [-0.39, 0.29) is 5.41 Å². The minimum Gasteiger partial charge on any atom is -0.497 e. The SMILES string of the molecule is COc1ccc(C2(c3ccccc3)C=Cc3c4c(c5cc(N6CCOCC6)c(OC)cc5c3O2)-c2ccc(Cl)cc2C4(C)C)cc1. The fraction of sp³-hybridized carbons (Fsp3) is 0.250. The summed E-state index contributed by atoms with van der Waals surface area (Å²) in [5.74, 6) is 2.46. The van der Waals surface area contributed by atoms with Crippen LogP contribution in [0.3, 0.4) is 0 Å². The van der Waals surface area contributed by atoms with Crippen LogP contribution in [0.15, 0.2) is 91.0 Å². The zero-order chi connectivity index (χ0) is 31.6. The Kier molecular flexibility index (Phi) is 6.82. The summed E-state index contributed by atoms with van der Waals surface area (Å²) in [6, 6.07) is 29.4. The van der Waals surface area contributed by atoms with Crippen molar-refractivity contribution in [2.75, 3.05) is 45.4 Å². The van der Waals surface area contributed by atoms with Crippen molar-refractivity contribution in [1.29, 1.82) is 0 Å². The minimum atomic E-state index is -0.864. The third kappa shape index (κ3) is 4.25. The summed E-state index contributed by atoms with van der Waals surface area (Å²) < 4.78 is 24.8. The van der Waals surface area contributed by atoms with Gasteiger partial charge in [0.25, 0.3) is 0 Å². The number of benzene rings is 5. The third-order valence-corrected chi connectivity index (χ3v) is 10.2. The average molecular weight is 630 g/mol. The van der Waals surface area contributed by atoms with Crippen LogP contribution < -0.4 is 19.1 Å². The Morgan fingerprint density at radius 2 is 1.54 bits per heavy atom. The molecule has 5 nitrogen and oxygen atoms in total. The van der Waals surface area contributed by atoms with E-state index in [2.05, 4.69) is 91.6 Å². The number of methoxy groups -OCH3 is 2. The van der Waals surface area contributed by atoms with Gasteiger partial charge in [-0.25, -0.2) is 0 Å². The van der Waals surface area contributed by atoms with Crippen LogP contribution in [0.1, 0.15) is 41.7 Å². The van der Waals surface area contributed by atoms with Gasteiger partial charge < -0.3 is 23.8 Å². The van der Waals surface area contributed by atoms with E-state index < -0.39 is 5.60 Å². The van der Waals surface area contributed by atoms with Crippen molar-refractivity contribution in [3.8, 4) is 28.4 Å². The molecule has 0 amide bonds. The van der Waals surface area contributed by atoms with Crippen molar-refractivity contribution in [3.05, 3.63) is 124 Å². The van der Waals surface area contributed by atoms with Crippen LogP contribution in [-0.4, -0.2) is 40.5 Å². The maximum Gasteiger partial charge on any atom is 0.178 e. The maximum absolute atomic E-state index is 7.46. The van der Waals surface area contributed by atoms with Crippen LogP contribution in [0.5, 0.6) is 17.2 Å². The largest absolute Gasteiger partial charge is 0.497 e. The Balaban J connectivity index is 1.45. The highest BCUT2D eigenvalue weighted by atomic mass is 35.5. The minimum absolute atomic E-state index is 0.312. The molecule has 5 aromatic rings. The Morgan fingerprint density at radius 1 is 0.804 bits per heavy atom. The van der Waals surface area contributed by atoms with E-state index in [0.29, 0.717) is 13.2 Å². The van der Waals surface area contributed by atoms with Gasteiger partial charge >= 0.3 is 0 Å². The molecule has 2 aliphatic heterocycles. The van der Waals surface area contributed by atoms with E-state index in [1.54, 1.807) is 14.2 Å². The molecule has 5 aromatic carbocycles. The number of fused-ring (bicyclic) bond motifs is 8. The molecule has 1 aliphatic carbocycles. The van der Waals surface area contributed by atoms with Gasteiger partial charge in [0.1, 0.15) is 17.2 Å². The number of ether oxygens (including phenoxy) is 4. The molecule has 0 bridgehead atoms. The van der Waals surface area contributed by atoms with E-state index in [4.69, 9.17) is 30.5 Å². The zero-order valence-electron chi connectivity index (χ0n) is 26.5. The molecule has 8 rings (SSSR count). The van der Waals surface area contributed by atoms with Crippen LogP contribution in [0, 0.1) is 0 Å². The van der Waals surface area contributed by atoms with Gasteiger partial charge in [-0.3, -0.25) is 0 Å². The predicted molar refractivity (Wildman–Crippen MR) is 186 cm³/mol. The number of halogens is 1. The van der Waals surface area contributed by atoms with Crippen LogP contribution in [0.4, 0.5) is 5.69 Å². The molecule has 0 radical (unpaired) electrons. The smallest absolute Gasteiger partial charge is 0.178 e. The summed E-state index contributed by atoms with van der Waals surface area (Å²) >= 11 is 6.63. The molecule has 1 fully saturated rings. The molecular formula is C40H36ClNO4. The molecule has 1 unspecified atom stereocenters. The normalized spacial score (nSPS) is 19.3. The number of hydrogen-bond donors (Lipinski definition) is 0. The predicted octanol–water partition coefficient (Wildman–Crippen LogP) is 9.00. The Hall–Kier alpha value is -4.45. The van der Waals surface area contributed by atoms with Gasteiger partial charge in [0.2, 0.25) is 0 Å². The first-order chi connectivity index (χ1) is 22.4. The van der Waals surface area contributed by atoms with Gasteiger partial charge in [-0.2, -0.15) is 0 Å². The van der Waals surface area contributed by atoms with Crippen molar-refractivity contribution < 1.29 is 18.9 Å². The van der Waals surface area contributed by atoms with Crippen LogP contribution >= 0.6 is 11.6 Å². The lowest BCUT2D eigenvalue weighted by molar-refractivity contribution is 0.122. The molecular weight excluding hydrogens is 594 g/mol. The highest BCUT2D eigenvalue weighted by Crippen LogP contribution is 2.59. The van der Waals surface area contributed by atoms with E-state index in [0.717, 1.165) is 68.5 Å². The molecule has 2 heterocycles. The monoisotopic (exact) mass is 629 g/mol. The van der Waals surface area contributed by atoms with Gasteiger partial charge in [0.05, 0.1) is 33.1 Å². The molecule has 3 aliphatic rings. The number of rotatable bonds is 5. The maximum atomic E-state index is 7.46. The summed E-state index contributed by atoms with van der Waals surface area (Å²) in [5, 5.41) is 2.89. The second-order valence-electron chi connectivity index (χ2n) is 12.7. The topological polar surface area (TPSA) is 40.2 Å². The average Bonchev–Trinajstić information content (AvgIpc) is 3.34. The summed E-state index contributed by atoms with van der Waals surface area (Å²) in [6.45, 7) is 7.58. The Bertz CT molecular complexity index is 2010. The van der Waals surface area contributed by atoms with Gasteiger partial charge in [0.15, 0.2) is 5.60 Å². The van der Waals surface area contributed by atoms with Crippen molar-refractivity contribution >= 4 is 34.1 Å². The van der Waals surface area contributed by atoms with E-state index in [1.165, 1.54) is 22.3 Å². The van der Waals surface area contributed by atoms with E-state index in [1.807, 2.05) is 24.3 Å². The van der Waals surface area contributed by atoms with Crippen molar-refractivity contribution in [1.82, 2.24) is 0 Å². The Labute approximate surface area is 274 Å². The highest BCUT2D eigenvalue weighted by molar-refractivity contribution is 6.31. The molecule has 0 spiro atoms. The lowest BCUT2D eigenvalue weighted by Gasteiger charge is -2.38. The summed E-state index contributed by atoms with van der Waals surface area (Å²) in [6.07, 6.45) is 4.48. The lowest BCUT2D eigenvalue weighted by Crippen LogP contribution is -2.36. The van der Waals surface area contributed by atoms with Crippen molar-refractivity contribution in [2.45, 2.75) is 24.9 Å². The van der Waals surface area contributed by atoms with Crippen LogP contribution in [0.2, 0.25) is 5.02 Å². The van der Waals surface area contributed by atoms with Gasteiger partial charge in [-0.15, -0.1) is 0 Å². The summed E-state index contributed by atoms with van der Waals surface area (Å²) in [5.41, 5.74) is 7.94. The second kappa shape index (κ2) is 10.8. The lowest BCUT2D eigenvalue weighted by atomic mass is 9.76. The number of hydrogen-bond acceptors (Lipinski definition) is 5. The van der Waals surface area contributed by atoms with Gasteiger partial charge in [-0.1, -0.05) is 80.1 Å². The number of morpholine rings is 1. The molecule has 0 N–H and O–H groups in total. The molecule has 0 aromatic heterocycles. The first-order valence-electron chi connectivity index (χ1n) is 15.8. The van der Waals surface area contributed by atoms with E-state index >= 15 is 0 Å². The third-order valence-electron chi connectivity index (χ3n) is 9.97. The highest BCUT2D eigenvalue weighted by Gasteiger charge is 2.44. The fourth-order valence-corrected chi connectivity index (χ4v) is 7.86. The van der Waals surface area contributed by atoms with Gasteiger partial charge in [-0.05, 0) is 70.1 Å². The quantitative estimate of drug-likeness (QED) is 0.194.